The SMILES string of the molecule is C=CCNC(=O)CN1CCN(CC(=O)NCCc2ccc(S(N)(=O)=O)cc2)CC1. The minimum atomic E-state index is -3.69. The number of piperazine rings is 1. The van der Waals surface area contributed by atoms with Gasteiger partial charge in [0, 0.05) is 39.3 Å². The fraction of sp³-hybridized carbons (Fsp3) is 0.474. The largest absolute Gasteiger partial charge is 0.355 e. The normalized spacial score (nSPS) is 15.6. The van der Waals surface area contributed by atoms with Crippen molar-refractivity contribution in [2.75, 3.05) is 52.4 Å². The van der Waals surface area contributed by atoms with Crippen molar-refractivity contribution < 1.29 is 18.0 Å². The van der Waals surface area contributed by atoms with Gasteiger partial charge < -0.3 is 10.6 Å². The number of benzene rings is 1. The zero-order chi connectivity index (χ0) is 21.3. The lowest BCUT2D eigenvalue weighted by atomic mass is 10.1. The first kappa shape index (κ1) is 23.0. The van der Waals surface area contributed by atoms with Crippen molar-refractivity contribution in [3.05, 3.63) is 42.5 Å². The first-order chi connectivity index (χ1) is 13.8. The molecule has 0 aromatic heterocycles. The van der Waals surface area contributed by atoms with Crippen LogP contribution in [-0.4, -0.2) is 82.4 Å². The van der Waals surface area contributed by atoms with Crippen molar-refractivity contribution in [3.8, 4) is 0 Å². The van der Waals surface area contributed by atoms with E-state index in [0.29, 0.717) is 32.6 Å². The molecule has 1 aliphatic heterocycles. The van der Waals surface area contributed by atoms with Crippen LogP contribution in [0.1, 0.15) is 5.56 Å². The second kappa shape index (κ2) is 11.1. The average Bonchev–Trinajstić information content (AvgIpc) is 2.67. The maximum atomic E-state index is 12.1. The Morgan fingerprint density at radius 1 is 1.00 bits per heavy atom. The van der Waals surface area contributed by atoms with Gasteiger partial charge in [0.25, 0.3) is 0 Å². The van der Waals surface area contributed by atoms with Crippen LogP contribution in [0.3, 0.4) is 0 Å². The molecule has 1 saturated heterocycles. The molecule has 1 aliphatic rings. The second-order valence-electron chi connectivity index (χ2n) is 6.93. The smallest absolute Gasteiger partial charge is 0.238 e. The van der Waals surface area contributed by atoms with Gasteiger partial charge in [0.1, 0.15) is 0 Å². The first-order valence-corrected chi connectivity index (χ1v) is 11.0. The molecule has 10 heteroatoms. The second-order valence-corrected chi connectivity index (χ2v) is 8.50. The zero-order valence-corrected chi connectivity index (χ0v) is 17.3. The molecule has 1 aromatic rings. The molecule has 1 heterocycles. The molecule has 0 atom stereocenters. The highest BCUT2D eigenvalue weighted by Gasteiger charge is 2.20. The van der Waals surface area contributed by atoms with Crippen molar-refractivity contribution in [2.24, 2.45) is 5.14 Å². The van der Waals surface area contributed by atoms with Crippen LogP contribution in [-0.2, 0) is 26.0 Å². The third-order valence-corrected chi connectivity index (χ3v) is 5.56. The van der Waals surface area contributed by atoms with E-state index in [4.69, 9.17) is 5.14 Å². The summed E-state index contributed by atoms with van der Waals surface area (Å²) in [6.45, 7) is 8.13. The standard InChI is InChI=1S/C19H29N5O4S/c1-2-8-21-18(25)14-23-10-12-24(13-11-23)15-19(26)22-9-7-16-3-5-17(6-4-16)29(20,27)28/h2-6H,1,7-15H2,(H,21,25)(H,22,26)(H2,20,27,28). The van der Waals surface area contributed by atoms with E-state index in [-0.39, 0.29) is 16.7 Å². The summed E-state index contributed by atoms with van der Waals surface area (Å²) in [5.41, 5.74) is 0.918. The summed E-state index contributed by atoms with van der Waals surface area (Å²) in [5.74, 6) is -0.0727. The molecule has 29 heavy (non-hydrogen) atoms. The molecule has 160 valence electrons. The summed E-state index contributed by atoms with van der Waals surface area (Å²) in [5, 5.41) is 10.7. The number of hydrogen-bond donors (Lipinski definition) is 3. The predicted molar refractivity (Wildman–Crippen MR) is 111 cm³/mol. The first-order valence-electron chi connectivity index (χ1n) is 9.48. The van der Waals surface area contributed by atoms with Gasteiger partial charge in [-0.25, -0.2) is 13.6 Å². The number of sulfonamides is 1. The van der Waals surface area contributed by atoms with Crippen molar-refractivity contribution in [1.29, 1.82) is 0 Å². The highest BCUT2D eigenvalue weighted by molar-refractivity contribution is 7.89. The van der Waals surface area contributed by atoms with Gasteiger partial charge in [0.15, 0.2) is 0 Å². The molecule has 1 fully saturated rings. The van der Waals surface area contributed by atoms with Gasteiger partial charge in [-0.1, -0.05) is 18.2 Å². The van der Waals surface area contributed by atoms with Crippen molar-refractivity contribution in [2.45, 2.75) is 11.3 Å². The van der Waals surface area contributed by atoms with E-state index >= 15 is 0 Å². The van der Waals surface area contributed by atoms with Crippen molar-refractivity contribution >= 4 is 21.8 Å². The molecule has 2 amide bonds. The number of rotatable bonds is 10. The maximum absolute atomic E-state index is 12.1. The predicted octanol–water partition coefficient (Wildman–Crippen LogP) is -1.09. The molecule has 0 unspecified atom stereocenters. The number of hydrogen-bond acceptors (Lipinski definition) is 6. The number of carbonyl (C=O) groups excluding carboxylic acids is 2. The Hall–Kier alpha value is -2.27. The van der Waals surface area contributed by atoms with Crippen LogP contribution in [0.4, 0.5) is 0 Å². The van der Waals surface area contributed by atoms with Crippen LogP contribution in [0, 0.1) is 0 Å². The van der Waals surface area contributed by atoms with E-state index in [0.717, 1.165) is 31.7 Å². The monoisotopic (exact) mass is 423 g/mol. The third kappa shape index (κ3) is 8.32. The highest BCUT2D eigenvalue weighted by atomic mass is 32.2. The zero-order valence-electron chi connectivity index (χ0n) is 16.5. The molecule has 0 aliphatic carbocycles. The maximum Gasteiger partial charge on any atom is 0.238 e. The molecular formula is C19H29N5O4S. The molecule has 0 radical (unpaired) electrons. The number of primary sulfonamides is 1. The Morgan fingerprint density at radius 3 is 2.00 bits per heavy atom. The molecular weight excluding hydrogens is 394 g/mol. The Bertz CT molecular complexity index is 802. The van der Waals surface area contributed by atoms with Crippen molar-refractivity contribution in [3.63, 3.8) is 0 Å². The number of nitrogens with one attached hydrogen (secondary N) is 2. The molecule has 9 nitrogen and oxygen atoms in total. The van der Waals surface area contributed by atoms with Gasteiger partial charge in [-0.05, 0) is 24.1 Å². The Balaban J connectivity index is 1.64. The molecule has 2 rings (SSSR count). The summed E-state index contributed by atoms with van der Waals surface area (Å²) < 4.78 is 22.5. The van der Waals surface area contributed by atoms with E-state index in [1.807, 2.05) is 0 Å². The Kier molecular flexibility index (Phi) is 8.77. The van der Waals surface area contributed by atoms with Gasteiger partial charge in [-0.15, -0.1) is 6.58 Å². The molecule has 1 aromatic carbocycles. The summed E-state index contributed by atoms with van der Waals surface area (Å²) in [6, 6.07) is 6.31. The van der Waals surface area contributed by atoms with Crippen LogP contribution < -0.4 is 15.8 Å². The Morgan fingerprint density at radius 2 is 1.52 bits per heavy atom. The molecule has 4 N–H and O–H groups in total. The summed E-state index contributed by atoms with van der Waals surface area (Å²) in [7, 11) is -3.69. The Labute approximate surface area is 172 Å². The van der Waals surface area contributed by atoms with Gasteiger partial charge in [-0.3, -0.25) is 19.4 Å². The topological polar surface area (TPSA) is 125 Å². The van der Waals surface area contributed by atoms with Crippen LogP contribution in [0.2, 0.25) is 0 Å². The molecule has 0 saturated carbocycles. The van der Waals surface area contributed by atoms with Gasteiger partial charge in [0.2, 0.25) is 21.8 Å². The van der Waals surface area contributed by atoms with E-state index in [1.165, 1.54) is 12.1 Å². The van der Waals surface area contributed by atoms with E-state index in [2.05, 4.69) is 27.0 Å². The van der Waals surface area contributed by atoms with E-state index < -0.39 is 10.0 Å². The third-order valence-electron chi connectivity index (χ3n) is 4.63. The summed E-state index contributed by atoms with van der Waals surface area (Å²) in [4.78, 5) is 28.1. The quantitative estimate of drug-likeness (QED) is 0.411. The minimum Gasteiger partial charge on any atom is -0.355 e. The van der Waals surface area contributed by atoms with E-state index in [1.54, 1.807) is 18.2 Å². The molecule has 0 spiro atoms. The number of amides is 2. The van der Waals surface area contributed by atoms with Crippen LogP contribution in [0.15, 0.2) is 41.8 Å². The summed E-state index contributed by atoms with van der Waals surface area (Å²) in [6.07, 6.45) is 2.25. The number of nitrogens with two attached hydrogens (primary N) is 1. The van der Waals surface area contributed by atoms with Crippen LogP contribution in [0.25, 0.3) is 0 Å². The number of nitrogens with zero attached hydrogens (tertiary/aromatic N) is 2. The summed E-state index contributed by atoms with van der Waals surface area (Å²) >= 11 is 0. The van der Waals surface area contributed by atoms with E-state index in [9.17, 15) is 18.0 Å². The van der Waals surface area contributed by atoms with Crippen LogP contribution >= 0.6 is 0 Å². The number of carbonyl (C=O) groups is 2. The van der Waals surface area contributed by atoms with Gasteiger partial charge >= 0.3 is 0 Å². The lowest BCUT2D eigenvalue weighted by molar-refractivity contribution is -0.124. The van der Waals surface area contributed by atoms with Gasteiger partial charge in [0.05, 0.1) is 18.0 Å². The van der Waals surface area contributed by atoms with Crippen LogP contribution in [0.5, 0.6) is 0 Å². The lowest BCUT2D eigenvalue weighted by Gasteiger charge is -2.33. The lowest BCUT2D eigenvalue weighted by Crippen LogP contribution is -2.51. The fourth-order valence-electron chi connectivity index (χ4n) is 3.00. The highest BCUT2D eigenvalue weighted by Crippen LogP contribution is 2.09. The van der Waals surface area contributed by atoms with Crippen molar-refractivity contribution in [1.82, 2.24) is 20.4 Å². The average molecular weight is 424 g/mol. The van der Waals surface area contributed by atoms with Gasteiger partial charge in [-0.2, -0.15) is 0 Å². The fourth-order valence-corrected chi connectivity index (χ4v) is 3.52. The minimum absolute atomic E-state index is 0.0202. The molecule has 0 bridgehead atoms.